The minimum atomic E-state index is -2.14. The largest absolute Gasteiger partial charge is 0.457 e. The molecule has 1 N–H and O–H groups in total. The molecular formula is C15H23Cl3N2O6. The maximum absolute atomic E-state index is 11.6. The van der Waals surface area contributed by atoms with Crippen molar-refractivity contribution in [3.05, 3.63) is 0 Å². The van der Waals surface area contributed by atoms with Crippen LogP contribution in [0.1, 0.15) is 27.7 Å². The summed E-state index contributed by atoms with van der Waals surface area (Å²) in [6.07, 6.45) is -3.44. The zero-order chi connectivity index (χ0) is 20.4. The van der Waals surface area contributed by atoms with E-state index in [1.165, 1.54) is 13.8 Å². The molecule has 1 fully saturated rings. The Kier molecular flexibility index (Phi) is 7.58. The highest BCUT2D eigenvalue weighted by Crippen LogP contribution is 2.37. The Morgan fingerprint density at radius 1 is 1.04 bits per heavy atom. The van der Waals surface area contributed by atoms with Crippen LogP contribution in [0.3, 0.4) is 0 Å². The molecule has 1 heterocycles. The molecule has 0 bridgehead atoms. The number of carbonyl (C=O) groups is 2. The van der Waals surface area contributed by atoms with Crippen molar-refractivity contribution in [2.45, 2.75) is 61.6 Å². The van der Waals surface area contributed by atoms with Crippen LogP contribution in [0.25, 0.3) is 0 Å². The number of nitrogens with one attached hydrogen (secondary N) is 1. The van der Waals surface area contributed by atoms with Gasteiger partial charge in [-0.3, -0.25) is 15.0 Å². The van der Waals surface area contributed by atoms with Gasteiger partial charge in [-0.1, -0.05) is 34.8 Å². The second-order valence-corrected chi connectivity index (χ2v) is 8.87. The molecule has 1 saturated heterocycles. The molecule has 0 aromatic heterocycles. The van der Waals surface area contributed by atoms with Gasteiger partial charge in [-0.2, -0.15) is 0 Å². The van der Waals surface area contributed by atoms with Gasteiger partial charge in [0.2, 0.25) is 18.3 Å². The molecular weight excluding hydrogens is 411 g/mol. The third-order valence-corrected chi connectivity index (χ3v) is 4.20. The highest BCUT2D eigenvalue weighted by atomic mass is 35.6. The second kappa shape index (κ2) is 8.48. The van der Waals surface area contributed by atoms with E-state index < -0.39 is 51.8 Å². The predicted octanol–water partition coefficient (Wildman–Crippen LogP) is 2.28. The van der Waals surface area contributed by atoms with E-state index in [1.807, 2.05) is 0 Å². The van der Waals surface area contributed by atoms with Crippen molar-refractivity contribution >= 4 is 52.6 Å². The maximum Gasteiger partial charge on any atom is 0.303 e. The first-order valence-electron chi connectivity index (χ1n) is 7.68. The monoisotopic (exact) mass is 432 g/mol. The van der Waals surface area contributed by atoms with Crippen LogP contribution in [0.5, 0.6) is 0 Å². The molecule has 4 atom stereocenters. The van der Waals surface area contributed by atoms with Gasteiger partial charge in [0, 0.05) is 13.8 Å². The fourth-order valence-corrected chi connectivity index (χ4v) is 3.13. The van der Waals surface area contributed by atoms with Crippen LogP contribution in [0, 0.1) is 5.41 Å². The number of esters is 2. The first-order chi connectivity index (χ1) is 11.7. The number of hydrogen-bond donors (Lipinski definition) is 1. The summed E-state index contributed by atoms with van der Waals surface area (Å²) in [6, 6.07) is -0.488. The van der Waals surface area contributed by atoms with Crippen molar-refractivity contribution in [1.29, 1.82) is 5.41 Å². The van der Waals surface area contributed by atoms with E-state index in [0.717, 1.165) is 0 Å². The fourth-order valence-electron chi connectivity index (χ4n) is 2.99. The van der Waals surface area contributed by atoms with Gasteiger partial charge in [0.25, 0.3) is 3.79 Å². The summed E-state index contributed by atoms with van der Waals surface area (Å²) in [7, 11) is 3.53. The molecule has 0 radical (unpaired) electrons. The Hall–Kier alpha value is -0.800. The Labute approximate surface area is 167 Å². The molecule has 0 amide bonds. The lowest BCUT2D eigenvalue weighted by molar-refractivity contribution is -0.296. The standard InChI is InChI=1S/C15H23Cl3N2O6/c1-7(21)23-9-10(24-8(2)22)12(25-13(19)15(16,17)18)26-14(3,4)11(9)20(5)6/h9-12,19H,1-6H3/t9-,10+,11-,12+/m0/s1. The average Bonchev–Trinajstić information content (AvgIpc) is 2.39. The number of ether oxygens (including phenoxy) is 4. The molecule has 0 spiro atoms. The van der Waals surface area contributed by atoms with Crippen LogP contribution in [-0.4, -0.2) is 70.8 Å². The highest BCUT2D eigenvalue weighted by molar-refractivity contribution is 6.76. The Bertz CT molecular complexity index is 564. The predicted molar refractivity (Wildman–Crippen MR) is 96.6 cm³/mol. The molecule has 1 aliphatic rings. The number of carbonyl (C=O) groups excluding carboxylic acids is 2. The average molecular weight is 434 g/mol. The smallest absolute Gasteiger partial charge is 0.303 e. The van der Waals surface area contributed by atoms with E-state index in [-0.39, 0.29) is 0 Å². The molecule has 1 rings (SSSR count). The minimum absolute atomic E-state index is 0.488. The fraction of sp³-hybridized carbons (Fsp3) is 0.800. The summed E-state index contributed by atoms with van der Waals surface area (Å²) in [6.45, 7) is 5.91. The lowest BCUT2D eigenvalue weighted by atomic mass is 9.86. The number of nitrogens with zero attached hydrogens (tertiary/aromatic N) is 1. The van der Waals surface area contributed by atoms with Gasteiger partial charge in [-0.05, 0) is 27.9 Å². The van der Waals surface area contributed by atoms with Crippen LogP contribution >= 0.6 is 34.8 Å². The van der Waals surface area contributed by atoms with Gasteiger partial charge in [0.1, 0.15) is 0 Å². The van der Waals surface area contributed by atoms with Gasteiger partial charge in [-0.25, -0.2) is 0 Å². The zero-order valence-corrected chi connectivity index (χ0v) is 17.6. The van der Waals surface area contributed by atoms with Gasteiger partial charge < -0.3 is 23.8 Å². The van der Waals surface area contributed by atoms with Crippen LogP contribution < -0.4 is 0 Å². The number of halogens is 3. The lowest BCUT2D eigenvalue weighted by Crippen LogP contribution is -2.68. The Balaban J connectivity index is 3.32. The molecule has 0 saturated carbocycles. The minimum Gasteiger partial charge on any atom is -0.457 e. The normalized spacial score (nSPS) is 28.4. The van der Waals surface area contributed by atoms with Crippen molar-refractivity contribution in [3.63, 3.8) is 0 Å². The van der Waals surface area contributed by atoms with Crippen LogP contribution in [0.15, 0.2) is 0 Å². The summed E-state index contributed by atoms with van der Waals surface area (Å²) in [5.74, 6) is -1.95. The van der Waals surface area contributed by atoms with Gasteiger partial charge in [0.15, 0.2) is 6.10 Å². The molecule has 0 aromatic carbocycles. The summed E-state index contributed by atoms with van der Waals surface area (Å²) in [5.41, 5.74) is -0.918. The van der Waals surface area contributed by atoms with E-state index in [1.54, 1.807) is 32.8 Å². The van der Waals surface area contributed by atoms with E-state index in [9.17, 15) is 9.59 Å². The highest BCUT2D eigenvalue weighted by Gasteiger charge is 2.56. The Morgan fingerprint density at radius 2 is 1.50 bits per heavy atom. The molecule has 0 aromatic rings. The molecule has 0 unspecified atom stereocenters. The molecule has 0 aliphatic carbocycles. The third kappa shape index (κ3) is 5.85. The quantitative estimate of drug-likeness (QED) is 0.314. The number of likely N-dealkylation sites (N-methyl/N-ethyl adjacent to an activating group) is 1. The molecule has 8 nitrogen and oxygen atoms in total. The van der Waals surface area contributed by atoms with E-state index in [4.69, 9.17) is 59.2 Å². The topological polar surface area (TPSA) is 98.2 Å². The van der Waals surface area contributed by atoms with Crippen molar-refractivity contribution < 1.29 is 28.5 Å². The van der Waals surface area contributed by atoms with Crippen LogP contribution in [-0.2, 0) is 28.5 Å². The number of hydrogen-bond acceptors (Lipinski definition) is 8. The summed E-state index contributed by atoms with van der Waals surface area (Å²) in [4.78, 5) is 25.0. The molecule has 150 valence electrons. The zero-order valence-electron chi connectivity index (χ0n) is 15.3. The van der Waals surface area contributed by atoms with E-state index in [2.05, 4.69) is 0 Å². The van der Waals surface area contributed by atoms with Crippen molar-refractivity contribution in [3.8, 4) is 0 Å². The lowest BCUT2D eigenvalue weighted by Gasteiger charge is -2.51. The third-order valence-electron chi connectivity index (χ3n) is 3.69. The second-order valence-electron chi connectivity index (χ2n) is 6.59. The van der Waals surface area contributed by atoms with Crippen molar-refractivity contribution in [1.82, 2.24) is 4.90 Å². The Morgan fingerprint density at radius 3 is 1.88 bits per heavy atom. The van der Waals surface area contributed by atoms with Crippen LogP contribution in [0.2, 0.25) is 0 Å². The molecule has 11 heteroatoms. The van der Waals surface area contributed by atoms with Gasteiger partial charge in [0.05, 0.1) is 11.6 Å². The first-order valence-corrected chi connectivity index (χ1v) is 8.81. The summed E-state index contributed by atoms with van der Waals surface area (Å²) >= 11 is 17.0. The van der Waals surface area contributed by atoms with Crippen molar-refractivity contribution in [2.75, 3.05) is 14.1 Å². The molecule has 26 heavy (non-hydrogen) atoms. The van der Waals surface area contributed by atoms with Crippen molar-refractivity contribution in [2.24, 2.45) is 0 Å². The number of alkyl halides is 3. The molecule has 1 aliphatic heterocycles. The van der Waals surface area contributed by atoms with Crippen LogP contribution in [0.4, 0.5) is 0 Å². The first kappa shape index (κ1) is 23.2. The number of rotatable bonds is 4. The summed E-state index contributed by atoms with van der Waals surface area (Å²) < 4.78 is 19.8. The van der Waals surface area contributed by atoms with E-state index in [0.29, 0.717) is 0 Å². The SMILES string of the molecule is CC(=O)O[C@H]1[C@H](OC(=N)C(Cl)(Cl)Cl)OC(C)(C)[C@@H](N(C)C)[C@H]1OC(C)=O. The summed E-state index contributed by atoms with van der Waals surface area (Å²) in [5, 5.41) is 7.76. The van der Waals surface area contributed by atoms with Gasteiger partial charge in [-0.15, -0.1) is 0 Å². The maximum atomic E-state index is 11.6. The van der Waals surface area contributed by atoms with Gasteiger partial charge >= 0.3 is 11.9 Å². The van der Waals surface area contributed by atoms with E-state index >= 15 is 0 Å².